The predicted octanol–water partition coefficient (Wildman–Crippen LogP) is 1.82. The molecule has 0 spiro atoms. The Balaban J connectivity index is 2.69. The minimum Gasteiger partial charge on any atom is -0.469 e. The monoisotopic (exact) mass is 320 g/mol. The number of ether oxygens (including phenoxy) is 1. The van der Waals surface area contributed by atoms with Gasteiger partial charge >= 0.3 is 5.97 Å². The van der Waals surface area contributed by atoms with Crippen LogP contribution in [0.1, 0.15) is 31.4 Å². The zero-order valence-corrected chi connectivity index (χ0v) is 14.5. The molecule has 1 aromatic carbocycles. The van der Waals surface area contributed by atoms with Crippen LogP contribution in [-0.2, 0) is 20.7 Å². The van der Waals surface area contributed by atoms with Gasteiger partial charge in [-0.05, 0) is 24.8 Å². The molecule has 0 saturated heterocycles. The molecule has 3 N–H and O–H groups in total. The van der Waals surface area contributed by atoms with Gasteiger partial charge in [-0.3, -0.25) is 9.59 Å². The van der Waals surface area contributed by atoms with Gasteiger partial charge in [0.15, 0.2) is 0 Å². The van der Waals surface area contributed by atoms with Gasteiger partial charge in [0.05, 0.1) is 19.1 Å². The third-order valence-corrected chi connectivity index (χ3v) is 4.18. The fraction of sp³-hybridized carbons (Fsp3) is 0.556. The van der Waals surface area contributed by atoms with E-state index in [0.717, 1.165) is 17.5 Å². The van der Waals surface area contributed by atoms with E-state index in [1.807, 2.05) is 45.0 Å². The molecule has 128 valence electrons. The maximum Gasteiger partial charge on any atom is 0.310 e. The first-order valence-electron chi connectivity index (χ1n) is 8.05. The zero-order chi connectivity index (χ0) is 17.4. The van der Waals surface area contributed by atoms with Gasteiger partial charge in [-0.25, -0.2) is 0 Å². The lowest BCUT2D eigenvalue weighted by Crippen LogP contribution is -2.47. The molecule has 0 aliphatic heterocycles. The van der Waals surface area contributed by atoms with Crippen LogP contribution in [0, 0.1) is 18.8 Å². The van der Waals surface area contributed by atoms with Crippen molar-refractivity contribution in [2.24, 2.45) is 17.6 Å². The lowest BCUT2D eigenvalue weighted by Gasteiger charge is -2.20. The lowest BCUT2D eigenvalue weighted by atomic mass is 9.96. The average molecular weight is 320 g/mol. The molecule has 0 bridgehead atoms. The maximum absolute atomic E-state index is 12.1. The third kappa shape index (κ3) is 6.02. The number of hydrogen-bond acceptors (Lipinski definition) is 4. The summed E-state index contributed by atoms with van der Waals surface area (Å²) < 4.78 is 4.85. The number of rotatable bonds is 8. The minimum absolute atomic E-state index is 0.100. The molecule has 0 aromatic heterocycles. The summed E-state index contributed by atoms with van der Waals surface area (Å²) in [6, 6.07) is 7.40. The summed E-state index contributed by atoms with van der Waals surface area (Å²) in [4.78, 5) is 24.0. The first-order chi connectivity index (χ1) is 10.9. The predicted molar refractivity (Wildman–Crippen MR) is 90.8 cm³/mol. The molecule has 5 nitrogen and oxygen atoms in total. The number of hydrogen-bond donors (Lipinski definition) is 2. The van der Waals surface area contributed by atoms with Crippen molar-refractivity contribution in [1.29, 1.82) is 0 Å². The van der Waals surface area contributed by atoms with Gasteiger partial charge in [-0.2, -0.15) is 0 Å². The highest BCUT2D eigenvalue weighted by molar-refractivity contribution is 5.82. The smallest absolute Gasteiger partial charge is 0.310 e. The second kappa shape index (κ2) is 9.30. The highest BCUT2D eigenvalue weighted by Gasteiger charge is 2.24. The number of esters is 1. The van der Waals surface area contributed by atoms with E-state index in [-0.39, 0.29) is 24.3 Å². The number of aryl methyl sites for hydroxylation is 1. The Hall–Kier alpha value is -1.88. The molecule has 1 rings (SSSR count). The van der Waals surface area contributed by atoms with E-state index < -0.39 is 12.0 Å². The van der Waals surface area contributed by atoms with E-state index in [4.69, 9.17) is 10.5 Å². The molecule has 0 fully saturated rings. The number of carbonyl (C=O) groups is 2. The molecule has 0 aliphatic rings. The molecule has 0 heterocycles. The molecule has 23 heavy (non-hydrogen) atoms. The summed E-state index contributed by atoms with van der Waals surface area (Å²) in [6.45, 7) is 6.16. The van der Waals surface area contributed by atoms with Crippen molar-refractivity contribution in [1.82, 2.24) is 5.32 Å². The van der Waals surface area contributed by atoms with Crippen molar-refractivity contribution in [3.05, 3.63) is 35.4 Å². The molecule has 1 amide bonds. The molecule has 3 atom stereocenters. The number of nitrogens with two attached hydrogens (primary N) is 1. The van der Waals surface area contributed by atoms with Crippen molar-refractivity contribution < 1.29 is 14.3 Å². The highest BCUT2D eigenvalue weighted by Crippen LogP contribution is 2.12. The average Bonchev–Trinajstić information content (AvgIpc) is 2.56. The summed E-state index contributed by atoms with van der Waals surface area (Å²) in [6.07, 6.45) is 1.35. The Morgan fingerprint density at radius 2 is 2.04 bits per heavy atom. The Morgan fingerprint density at radius 1 is 1.35 bits per heavy atom. The van der Waals surface area contributed by atoms with Gasteiger partial charge in [0, 0.05) is 6.54 Å². The standard InChI is InChI=1S/C18H28N2O3/c1-5-13(3)16(19)17(21)20-11-15(18(22)23-4)10-14-8-6-7-12(2)9-14/h6-9,13,15-16H,5,10-11,19H2,1-4H3,(H,20,21). The maximum atomic E-state index is 12.1. The van der Waals surface area contributed by atoms with Crippen LogP contribution in [0.4, 0.5) is 0 Å². The van der Waals surface area contributed by atoms with E-state index in [2.05, 4.69) is 5.32 Å². The second-order valence-electron chi connectivity index (χ2n) is 6.07. The molecule has 0 radical (unpaired) electrons. The number of carbonyl (C=O) groups excluding carboxylic acids is 2. The second-order valence-corrected chi connectivity index (χ2v) is 6.07. The number of nitrogens with one attached hydrogen (secondary N) is 1. The molecule has 0 aliphatic carbocycles. The number of benzene rings is 1. The summed E-state index contributed by atoms with van der Waals surface area (Å²) in [5.41, 5.74) is 8.09. The van der Waals surface area contributed by atoms with Crippen LogP contribution >= 0.6 is 0 Å². The van der Waals surface area contributed by atoms with Crippen LogP contribution in [0.5, 0.6) is 0 Å². The van der Waals surface area contributed by atoms with E-state index >= 15 is 0 Å². The molecule has 3 unspecified atom stereocenters. The fourth-order valence-corrected chi connectivity index (χ4v) is 2.38. The highest BCUT2D eigenvalue weighted by atomic mass is 16.5. The third-order valence-electron chi connectivity index (χ3n) is 4.18. The summed E-state index contributed by atoms with van der Waals surface area (Å²) in [5, 5.41) is 2.78. The first kappa shape index (κ1) is 19.2. The van der Waals surface area contributed by atoms with Crippen molar-refractivity contribution >= 4 is 11.9 Å². The van der Waals surface area contributed by atoms with E-state index in [1.165, 1.54) is 7.11 Å². The van der Waals surface area contributed by atoms with Crippen LogP contribution in [-0.4, -0.2) is 31.6 Å². The van der Waals surface area contributed by atoms with Crippen LogP contribution in [0.3, 0.4) is 0 Å². The SMILES string of the molecule is CCC(C)C(N)C(=O)NCC(Cc1cccc(C)c1)C(=O)OC. The molecular formula is C18H28N2O3. The molecule has 0 saturated carbocycles. The molecule has 1 aromatic rings. The normalized spacial score (nSPS) is 14.7. The minimum atomic E-state index is -0.558. The van der Waals surface area contributed by atoms with E-state index in [9.17, 15) is 9.59 Å². The Labute approximate surface area is 138 Å². The van der Waals surface area contributed by atoms with Crippen molar-refractivity contribution in [3.63, 3.8) is 0 Å². The quantitative estimate of drug-likeness (QED) is 0.716. The topological polar surface area (TPSA) is 81.4 Å². The van der Waals surface area contributed by atoms with Gasteiger partial charge < -0.3 is 15.8 Å². The van der Waals surface area contributed by atoms with Crippen molar-refractivity contribution in [2.45, 2.75) is 39.7 Å². The Kier molecular flexibility index (Phi) is 7.75. The fourth-order valence-electron chi connectivity index (χ4n) is 2.38. The largest absolute Gasteiger partial charge is 0.469 e. The van der Waals surface area contributed by atoms with Crippen molar-refractivity contribution in [2.75, 3.05) is 13.7 Å². The number of methoxy groups -OCH3 is 1. The van der Waals surface area contributed by atoms with Crippen LogP contribution in [0.15, 0.2) is 24.3 Å². The molecular weight excluding hydrogens is 292 g/mol. The van der Waals surface area contributed by atoms with Gasteiger partial charge in [0.25, 0.3) is 0 Å². The van der Waals surface area contributed by atoms with Gasteiger partial charge in [0.2, 0.25) is 5.91 Å². The first-order valence-corrected chi connectivity index (χ1v) is 8.05. The van der Waals surface area contributed by atoms with Crippen LogP contribution in [0.25, 0.3) is 0 Å². The summed E-state index contributed by atoms with van der Waals surface area (Å²) in [5.74, 6) is -0.875. The van der Waals surface area contributed by atoms with E-state index in [0.29, 0.717) is 6.42 Å². The van der Waals surface area contributed by atoms with Gasteiger partial charge in [-0.15, -0.1) is 0 Å². The van der Waals surface area contributed by atoms with E-state index in [1.54, 1.807) is 0 Å². The van der Waals surface area contributed by atoms with Crippen LogP contribution in [0.2, 0.25) is 0 Å². The summed E-state index contributed by atoms with van der Waals surface area (Å²) >= 11 is 0. The zero-order valence-electron chi connectivity index (χ0n) is 14.5. The van der Waals surface area contributed by atoms with Crippen LogP contribution < -0.4 is 11.1 Å². The van der Waals surface area contributed by atoms with Gasteiger partial charge in [0.1, 0.15) is 0 Å². The van der Waals surface area contributed by atoms with Crippen molar-refractivity contribution in [3.8, 4) is 0 Å². The van der Waals surface area contributed by atoms with Gasteiger partial charge in [-0.1, -0.05) is 50.1 Å². The number of amides is 1. The molecule has 5 heteroatoms. The lowest BCUT2D eigenvalue weighted by molar-refractivity contribution is -0.145. The Morgan fingerprint density at radius 3 is 2.61 bits per heavy atom. The Bertz CT molecular complexity index is 531. The summed E-state index contributed by atoms with van der Waals surface area (Å²) in [7, 11) is 1.36.